The Labute approximate surface area is 377 Å². The van der Waals surface area contributed by atoms with Gasteiger partial charge in [-0.1, -0.05) is 220 Å². The van der Waals surface area contributed by atoms with Crippen LogP contribution in [0.5, 0.6) is 0 Å². The molecule has 0 saturated heterocycles. The Morgan fingerprint density at radius 2 is 0.484 bits per heavy atom. The lowest BCUT2D eigenvalue weighted by atomic mass is 9.81. The molecule has 0 aliphatic heterocycles. The van der Waals surface area contributed by atoms with Crippen LogP contribution in [0, 0.1) is 0 Å². The van der Waals surface area contributed by atoms with E-state index >= 15 is 0 Å². The Balaban J connectivity index is 0.901. The fourth-order valence-electron chi connectivity index (χ4n) is 9.55. The van der Waals surface area contributed by atoms with Crippen molar-refractivity contribution in [3.8, 4) is 77.9 Å². The zero-order valence-corrected chi connectivity index (χ0v) is 36.1. The molecule has 1 heteroatoms. The van der Waals surface area contributed by atoms with Gasteiger partial charge < -0.3 is 4.90 Å². The fourth-order valence-corrected chi connectivity index (χ4v) is 9.55. The largest absolute Gasteiger partial charge is 0.310 e. The molecule has 0 aromatic heterocycles. The molecule has 0 fully saturated rings. The van der Waals surface area contributed by atoms with Gasteiger partial charge in [0.25, 0.3) is 0 Å². The van der Waals surface area contributed by atoms with Crippen LogP contribution in [-0.4, -0.2) is 0 Å². The first-order chi connectivity index (χ1) is 31.5. The van der Waals surface area contributed by atoms with Crippen LogP contribution in [0.1, 0.15) is 25.0 Å². The summed E-state index contributed by atoms with van der Waals surface area (Å²) in [5.74, 6) is 0. The third kappa shape index (κ3) is 7.32. The van der Waals surface area contributed by atoms with Crippen LogP contribution >= 0.6 is 0 Å². The summed E-state index contributed by atoms with van der Waals surface area (Å²) in [6.45, 7) is 4.76. The molecule has 11 rings (SSSR count). The summed E-state index contributed by atoms with van der Waals surface area (Å²) in [6, 6.07) is 90.6. The van der Waals surface area contributed by atoms with Crippen LogP contribution in [0.25, 0.3) is 77.9 Å². The van der Waals surface area contributed by atoms with E-state index in [1.54, 1.807) is 0 Å². The van der Waals surface area contributed by atoms with E-state index in [-0.39, 0.29) is 5.41 Å². The molecule has 0 unspecified atom stereocenters. The average molecular weight is 818 g/mol. The summed E-state index contributed by atoms with van der Waals surface area (Å²) in [5.41, 5.74) is 23.1. The van der Waals surface area contributed by atoms with Crippen molar-refractivity contribution in [3.05, 3.63) is 260 Å². The number of nitrogens with zero attached hydrogens (tertiary/aromatic N) is 1. The van der Waals surface area contributed by atoms with Crippen LogP contribution < -0.4 is 4.90 Å². The molecule has 0 atom stereocenters. The van der Waals surface area contributed by atoms with E-state index in [1.165, 1.54) is 89.0 Å². The van der Waals surface area contributed by atoms with Gasteiger partial charge in [-0.2, -0.15) is 0 Å². The quantitative estimate of drug-likeness (QED) is 0.140. The van der Waals surface area contributed by atoms with Gasteiger partial charge in [0.15, 0.2) is 0 Å². The SMILES string of the molecule is CC1(C)c2cc(-c3ccc(-c4ccc(-c5ccccc5)cc4)cc3)ccc2-c2ccc(N(c3ccc(-c4ccccc4)cc3)c3ccc(-c4ccc(-c5ccccc5)cc4)cc3)cc21. The molecule has 10 aromatic rings. The van der Waals surface area contributed by atoms with E-state index in [4.69, 9.17) is 0 Å². The van der Waals surface area contributed by atoms with Gasteiger partial charge >= 0.3 is 0 Å². The van der Waals surface area contributed by atoms with E-state index in [2.05, 4.69) is 267 Å². The van der Waals surface area contributed by atoms with E-state index in [0.29, 0.717) is 0 Å². The minimum atomic E-state index is -0.199. The molecule has 10 aromatic carbocycles. The highest BCUT2D eigenvalue weighted by atomic mass is 15.1. The summed E-state index contributed by atoms with van der Waals surface area (Å²) in [4.78, 5) is 2.40. The van der Waals surface area contributed by atoms with Crippen LogP contribution in [0.15, 0.2) is 249 Å². The van der Waals surface area contributed by atoms with Gasteiger partial charge in [-0.15, -0.1) is 0 Å². The van der Waals surface area contributed by atoms with Crippen LogP contribution in [0.4, 0.5) is 17.1 Å². The fraction of sp³-hybridized carbons (Fsp3) is 0.0476. The molecule has 1 aliphatic rings. The summed E-state index contributed by atoms with van der Waals surface area (Å²) < 4.78 is 0. The maximum absolute atomic E-state index is 2.42. The molecule has 0 heterocycles. The minimum absolute atomic E-state index is 0.199. The molecular weight excluding hydrogens is 771 g/mol. The minimum Gasteiger partial charge on any atom is -0.310 e. The van der Waals surface area contributed by atoms with Crippen molar-refractivity contribution in [1.82, 2.24) is 0 Å². The van der Waals surface area contributed by atoms with Crippen molar-refractivity contribution in [2.75, 3.05) is 4.90 Å². The molecule has 0 saturated carbocycles. The number of fused-ring (bicyclic) bond motifs is 3. The van der Waals surface area contributed by atoms with Crippen LogP contribution in [0.3, 0.4) is 0 Å². The van der Waals surface area contributed by atoms with Gasteiger partial charge in [-0.25, -0.2) is 0 Å². The van der Waals surface area contributed by atoms with Crippen LogP contribution in [0.2, 0.25) is 0 Å². The van der Waals surface area contributed by atoms with Gasteiger partial charge in [-0.3, -0.25) is 0 Å². The third-order valence-electron chi connectivity index (χ3n) is 13.1. The Bertz CT molecular complexity index is 3200. The second kappa shape index (κ2) is 16.4. The summed E-state index contributed by atoms with van der Waals surface area (Å²) in [5, 5.41) is 0. The van der Waals surface area contributed by atoms with Crippen molar-refractivity contribution in [3.63, 3.8) is 0 Å². The molecule has 0 radical (unpaired) electrons. The Kier molecular flexibility index (Phi) is 9.94. The molecule has 1 nitrogen and oxygen atoms in total. The standard InChI is InChI=1S/C63H47N/c1-63(2)61-42-55(54-28-26-50(27-29-54)49-22-18-47(19-23-49)44-12-6-3-7-13-44)34-40-59(61)60-41-39-58(43-62(60)63)64(56-35-30-52(31-36-56)46-16-10-5-11-17-46)57-37-32-53(33-38-57)51-24-20-48(21-25-51)45-14-8-4-9-15-45/h3-43H,1-2H3. The molecular formula is C63H47N. The Morgan fingerprint density at radius 3 is 0.844 bits per heavy atom. The van der Waals surface area contributed by atoms with Crippen molar-refractivity contribution in [1.29, 1.82) is 0 Å². The molecule has 304 valence electrons. The Morgan fingerprint density at radius 1 is 0.234 bits per heavy atom. The molecule has 0 amide bonds. The third-order valence-corrected chi connectivity index (χ3v) is 13.1. The second-order valence-corrected chi connectivity index (χ2v) is 17.4. The highest BCUT2D eigenvalue weighted by molar-refractivity contribution is 5.88. The maximum atomic E-state index is 2.42. The molecule has 1 aliphatic carbocycles. The predicted molar refractivity (Wildman–Crippen MR) is 271 cm³/mol. The second-order valence-electron chi connectivity index (χ2n) is 17.4. The van der Waals surface area contributed by atoms with Crippen LogP contribution in [-0.2, 0) is 5.41 Å². The highest BCUT2D eigenvalue weighted by Gasteiger charge is 2.36. The molecule has 0 spiro atoms. The Hall–Kier alpha value is -8.00. The monoisotopic (exact) mass is 817 g/mol. The number of benzene rings is 10. The van der Waals surface area contributed by atoms with Gasteiger partial charge in [0.05, 0.1) is 0 Å². The molecule has 64 heavy (non-hydrogen) atoms. The van der Waals surface area contributed by atoms with E-state index in [1.807, 2.05) is 0 Å². The first-order valence-corrected chi connectivity index (χ1v) is 22.2. The van der Waals surface area contributed by atoms with Gasteiger partial charge in [-0.05, 0) is 131 Å². The smallest absolute Gasteiger partial charge is 0.0465 e. The summed E-state index contributed by atoms with van der Waals surface area (Å²) >= 11 is 0. The van der Waals surface area contributed by atoms with E-state index in [0.717, 1.165) is 17.1 Å². The first-order valence-electron chi connectivity index (χ1n) is 22.2. The predicted octanol–water partition coefficient (Wildman–Crippen LogP) is 17.5. The maximum Gasteiger partial charge on any atom is 0.0465 e. The van der Waals surface area contributed by atoms with Gasteiger partial charge in [0.2, 0.25) is 0 Å². The molecule has 0 bridgehead atoms. The number of hydrogen-bond donors (Lipinski definition) is 0. The normalized spacial score (nSPS) is 12.3. The number of anilines is 3. The van der Waals surface area contributed by atoms with E-state index in [9.17, 15) is 0 Å². The first kappa shape index (κ1) is 38.9. The topological polar surface area (TPSA) is 3.24 Å². The number of rotatable bonds is 9. The highest BCUT2D eigenvalue weighted by Crippen LogP contribution is 2.52. The van der Waals surface area contributed by atoms with Crippen molar-refractivity contribution in [2.45, 2.75) is 19.3 Å². The van der Waals surface area contributed by atoms with E-state index < -0.39 is 0 Å². The van der Waals surface area contributed by atoms with Crippen molar-refractivity contribution < 1.29 is 0 Å². The van der Waals surface area contributed by atoms with Crippen molar-refractivity contribution in [2.24, 2.45) is 0 Å². The van der Waals surface area contributed by atoms with Gasteiger partial charge in [0.1, 0.15) is 0 Å². The zero-order valence-electron chi connectivity index (χ0n) is 36.1. The number of hydrogen-bond acceptors (Lipinski definition) is 1. The lowest BCUT2D eigenvalue weighted by Crippen LogP contribution is -2.16. The van der Waals surface area contributed by atoms with Gasteiger partial charge in [0, 0.05) is 22.5 Å². The summed E-state index contributed by atoms with van der Waals surface area (Å²) in [6.07, 6.45) is 0. The zero-order chi connectivity index (χ0) is 43.0. The van der Waals surface area contributed by atoms with Crippen molar-refractivity contribution >= 4 is 17.1 Å². The lowest BCUT2D eigenvalue weighted by Gasteiger charge is -2.28. The average Bonchev–Trinajstić information content (AvgIpc) is 3.60. The summed E-state index contributed by atoms with van der Waals surface area (Å²) in [7, 11) is 0. The lowest BCUT2D eigenvalue weighted by molar-refractivity contribution is 0.660. The molecule has 0 N–H and O–H groups in total.